The van der Waals surface area contributed by atoms with Crippen LogP contribution in [0.3, 0.4) is 0 Å². The average Bonchev–Trinajstić information content (AvgIpc) is 4.15. The standard InChI is InChI=1S/C69H50N4/c1-5-23-56-64-62(47-26-10-6-11-27-47)69-65(57-35-22-34-55-54-41-39-52(43-61(54)73(69)67(55)57)71(50-32-16-9-17-33-50)59-37-21-19-25-45(59)3)63(48-28-12-7-13-29-48)68(64)72-60-42-51(38-40-53(60)46(4)66(56)72)70(49-30-14-8-15-31-49)58-36-20-18-24-44(58)2/h5-43H,4H2,1-3H3/b23-5-. The van der Waals surface area contributed by atoms with Crippen LogP contribution < -0.4 is 15.0 Å². The van der Waals surface area contributed by atoms with Crippen molar-refractivity contribution in [1.29, 1.82) is 0 Å². The van der Waals surface area contributed by atoms with Crippen LogP contribution in [0.4, 0.5) is 34.1 Å². The molecule has 4 heteroatoms. The molecule has 0 saturated heterocycles. The highest BCUT2D eigenvalue weighted by atomic mass is 15.2. The number of rotatable bonds is 9. The van der Waals surface area contributed by atoms with Crippen molar-refractivity contribution in [2.24, 2.45) is 0 Å². The monoisotopic (exact) mass is 934 g/mol. The first-order valence-corrected chi connectivity index (χ1v) is 25.3. The van der Waals surface area contributed by atoms with Crippen molar-refractivity contribution in [1.82, 2.24) is 8.80 Å². The summed E-state index contributed by atoms with van der Waals surface area (Å²) in [7, 11) is 0. The number of hydrogen-bond acceptors (Lipinski definition) is 2. The molecule has 0 saturated carbocycles. The van der Waals surface area contributed by atoms with Gasteiger partial charge in [-0.2, -0.15) is 0 Å². The summed E-state index contributed by atoms with van der Waals surface area (Å²) >= 11 is 0. The van der Waals surface area contributed by atoms with Crippen LogP contribution in [0.2, 0.25) is 0 Å². The summed E-state index contributed by atoms with van der Waals surface area (Å²) in [6.45, 7) is 11.5. The van der Waals surface area contributed by atoms with Gasteiger partial charge in [0, 0.05) is 88.4 Å². The second-order valence-electron chi connectivity index (χ2n) is 19.4. The summed E-state index contributed by atoms with van der Waals surface area (Å²) in [6.07, 6.45) is 4.53. The first-order valence-electron chi connectivity index (χ1n) is 25.3. The lowest BCUT2D eigenvalue weighted by atomic mass is 9.89. The Bertz CT molecular complexity index is 4530. The van der Waals surface area contributed by atoms with Gasteiger partial charge in [0.2, 0.25) is 0 Å². The first kappa shape index (κ1) is 42.5. The van der Waals surface area contributed by atoms with Crippen LogP contribution in [-0.2, 0) is 0 Å². The third kappa shape index (κ3) is 6.27. The molecule has 0 unspecified atom stereocenters. The molecular formula is C69H50N4. The Morgan fingerprint density at radius 3 is 1.38 bits per heavy atom. The number of nitrogens with zero attached hydrogens (tertiary/aromatic N) is 4. The Morgan fingerprint density at radius 1 is 0.384 bits per heavy atom. The van der Waals surface area contributed by atoms with Crippen LogP contribution in [0.1, 0.15) is 23.6 Å². The molecule has 0 radical (unpaired) electrons. The van der Waals surface area contributed by atoms with E-state index in [2.05, 4.69) is 276 Å². The minimum absolute atomic E-state index is 1.02. The van der Waals surface area contributed by atoms with Gasteiger partial charge in [-0.25, -0.2) is 0 Å². The predicted octanol–water partition coefficient (Wildman–Crippen LogP) is 18.4. The van der Waals surface area contributed by atoms with E-state index in [4.69, 9.17) is 6.58 Å². The van der Waals surface area contributed by atoms with Crippen molar-refractivity contribution in [3.63, 3.8) is 0 Å². The van der Waals surface area contributed by atoms with Gasteiger partial charge >= 0.3 is 0 Å². The lowest BCUT2D eigenvalue weighted by Gasteiger charge is -2.27. The molecule has 346 valence electrons. The zero-order valence-corrected chi connectivity index (χ0v) is 41.0. The molecular weight excluding hydrogens is 885 g/mol. The number of allylic oxidation sites excluding steroid dienone is 1. The largest absolute Gasteiger partial charge is 0.310 e. The molecule has 14 aromatic rings. The fourth-order valence-corrected chi connectivity index (χ4v) is 12.2. The summed E-state index contributed by atoms with van der Waals surface area (Å²) in [5.41, 5.74) is 22.0. The fraction of sp³-hybridized carbons (Fsp3) is 0.0435. The van der Waals surface area contributed by atoms with Crippen LogP contribution in [0, 0.1) is 13.8 Å². The number of benzene rings is 10. The van der Waals surface area contributed by atoms with Crippen LogP contribution in [0.15, 0.2) is 231 Å². The normalized spacial score (nSPS) is 12.0. The van der Waals surface area contributed by atoms with Gasteiger partial charge in [0.1, 0.15) is 0 Å². The Labute approximate surface area is 424 Å². The Hall–Kier alpha value is -9.38. The van der Waals surface area contributed by atoms with E-state index in [0.717, 1.165) is 66.9 Å². The third-order valence-corrected chi connectivity index (χ3v) is 15.2. The van der Waals surface area contributed by atoms with Crippen molar-refractivity contribution >= 4 is 112 Å². The quantitative estimate of drug-likeness (QED) is 0.143. The molecule has 0 aliphatic heterocycles. The molecule has 0 amide bonds. The summed E-state index contributed by atoms with van der Waals surface area (Å²) in [6, 6.07) is 82.0. The lowest BCUT2D eigenvalue weighted by Crippen LogP contribution is -2.11. The number of hydrogen-bond donors (Lipinski definition) is 0. The van der Waals surface area contributed by atoms with E-state index >= 15 is 0 Å². The predicted molar refractivity (Wildman–Crippen MR) is 312 cm³/mol. The number of aromatic nitrogens is 2. The number of aryl methyl sites for hydroxylation is 2. The molecule has 0 spiro atoms. The van der Waals surface area contributed by atoms with Gasteiger partial charge in [0.25, 0.3) is 0 Å². The minimum Gasteiger partial charge on any atom is -0.310 e. The van der Waals surface area contributed by atoms with Gasteiger partial charge in [0.05, 0.1) is 33.1 Å². The van der Waals surface area contributed by atoms with Crippen LogP contribution >= 0.6 is 0 Å². The molecule has 10 aromatic carbocycles. The molecule has 4 nitrogen and oxygen atoms in total. The van der Waals surface area contributed by atoms with E-state index in [9.17, 15) is 0 Å². The zero-order valence-electron chi connectivity index (χ0n) is 41.0. The maximum Gasteiger partial charge on any atom is 0.0634 e. The lowest BCUT2D eigenvalue weighted by molar-refractivity contribution is 1.25. The van der Waals surface area contributed by atoms with Crippen LogP contribution in [0.25, 0.3) is 100 Å². The van der Waals surface area contributed by atoms with E-state index in [1.54, 1.807) is 0 Å². The Balaban J connectivity index is 1.19. The molecule has 0 fully saturated rings. The Morgan fingerprint density at radius 2 is 0.836 bits per heavy atom. The van der Waals surface area contributed by atoms with Crippen molar-refractivity contribution in [3.05, 3.63) is 252 Å². The van der Waals surface area contributed by atoms with Gasteiger partial charge in [-0.3, -0.25) is 0 Å². The molecule has 4 heterocycles. The van der Waals surface area contributed by atoms with Crippen LogP contribution in [-0.4, -0.2) is 8.80 Å². The summed E-state index contributed by atoms with van der Waals surface area (Å²) in [5, 5.41) is 8.28. The number of para-hydroxylation sites is 5. The third-order valence-electron chi connectivity index (χ3n) is 15.2. The SMILES string of the molecule is C=c1c2ccc(N(c3ccccc3)c3ccccc3C)cc2n2c1c(/C=C\C)c1c(-c3ccccc3)c3c(c(-c4ccccc4)c12)c1cccc2c4ccc(N(c5ccccc5)c5ccccc5C)cc4n3c21. The van der Waals surface area contributed by atoms with Gasteiger partial charge in [-0.15, -0.1) is 0 Å². The van der Waals surface area contributed by atoms with E-state index in [-0.39, 0.29) is 0 Å². The zero-order chi connectivity index (χ0) is 48.9. The highest BCUT2D eigenvalue weighted by Crippen LogP contribution is 2.53. The molecule has 0 atom stereocenters. The highest BCUT2D eigenvalue weighted by molar-refractivity contribution is 6.34. The van der Waals surface area contributed by atoms with Gasteiger partial charge in [0.15, 0.2) is 0 Å². The van der Waals surface area contributed by atoms with E-state index in [1.807, 2.05) is 0 Å². The summed E-state index contributed by atoms with van der Waals surface area (Å²) in [4.78, 5) is 4.80. The maximum atomic E-state index is 4.97. The molecule has 73 heavy (non-hydrogen) atoms. The van der Waals surface area contributed by atoms with E-state index in [0.29, 0.717) is 0 Å². The fourth-order valence-electron chi connectivity index (χ4n) is 12.2. The van der Waals surface area contributed by atoms with Gasteiger partial charge in [-0.1, -0.05) is 183 Å². The van der Waals surface area contributed by atoms with Crippen molar-refractivity contribution in [3.8, 4) is 22.3 Å². The van der Waals surface area contributed by atoms with Gasteiger partial charge < -0.3 is 18.6 Å². The smallest absolute Gasteiger partial charge is 0.0634 e. The Kier molecular flexibility index (Phi) is 9.67. The molecule has 0 aliphatic rings. The summed E-state index contributed by atoms with van der Waals surface area (Å²) in [5.74, 6) is 0. The summed E-state index contributed by atoms with van der Waals surface area (Å²) < 4.78 is 5.17. The first-order chi connectivity index (χ1) is 36.0. The van der Waals surface area contributed by atoms with Gasteiger partial charge in [-0.05, 0) is 104 Å². The minimum atomic E-state index is 1.02. The molecule has 14 rings (SSSR count). The van der Waals surface area contributed by atoms with Crippen molar-refractivity contribution < 1.29 is 0 Å². The number of fused-ring (bicyclic) bond motifs is 11. The maximum absolute atomic E-state index is 4.97. The average molecular weight is 935 g/mol. The molecule has 0 bridgehead atoms. The second kappa shape index (κ2) is 16.6. The van der Waals surface area contributed by atoms with E-state index < -0.39 is 0 Å². The second-order valence-corrected chi connectivity index (χ2v) is 19.4. The highest BCUT2D eigenvalue weighted by Gasteiger charge is 2.31. The topological polar surface area (TPSA) is 15.3 Å². The van der Waals surface area contributed by atoms with Crippen molar-refractivity contribution in [2.45, 2.75) is 20.8 Å². The molecule has 0 aliphatic carbocycles. The van der Waals surface area contributed by atoms with Crippen molar-refractivity contribution in [2.75, 3.05) is 9.80 Å². The molecule has 4 aromatic heterocycles. The number of anilines is 6. The molecule has 0 N–H and O–H groups in total. The van der Waals surface area contributed by atoms with Crippen LogP contribution in [0.5, 0.6) is 0 Å². The van der Waals surface area contributed by atoms with E-state index in [1.165, 1.54) is 76.8 Å².